The van der Waals surface area contributed by atoms with Crippen molar-refractivity contribution in [1.29, 1.82) is 0 Å². The molecule has 2 saturated heterocycles. The van der Waals surface area contributed by atoms with E-state index in [1.165, 1.54) is 11.3 Å². The minimum atomic E-state index is -2.65. The summed E-state index contributed by atoms with van der Waals surface area (Å²) in [7, 11) is 0. The van der Waals surface area contributed by atoms with Gasteiger partial charge in [0.2, 0.25) is 0 Å². The summed E-state index contributed by atoms with van der Waals surface area (Å²) in [5, 5.41) is 6.91. The first kappa shape index (κ1) is 22.4. The first-order valence-electron chi connectivity index (χ1n) is 11.7. The Kier molecular flexibility index (Phi) is 5.29. The SMILES string of the molecule is Cc1ccc2c(N)c(C(=O)N[C@H]3COc4cc(N5CC6CNCC(C5)C6(F)F)ncc4C3)sc2n1. The monoisotopic (exact) mass is 500 g/mol. The average Bonchev–Trinajstić information content (AvgIpc) is 3.13. The molecule has 0 aromatic carbocycles. The van der Waals surface area contributed by atoms with E-state index in [-0.39, 0.29) is 25.0 Å². The van der Waals surface area contributed by atoms with Gasteiger partial charge in [0.15, 0.2) is 0 Å². The Morgan fingerprint density at radius 2 is 2.09 bits per heavy atom. The van der Waals surface area contributed by atoms with Crippen molar-refractivity contribution in [3.63, 3.8) is 0 Å². The van der Waals surface area contributed by atoms with Crippen molar-refractivity contribution in [3.8, 4) is 5.75 Å². The van der Waals surface area contributed by atoms with Crippen LogP contribution in [0.25, 0.3) is 10.2 Å². The number of aromatic nitrogens is 2. The third kappa shape index (κ3) is 3.86. The molecule has 3 atom stereocenters. The number of hydrogen-bond acceptors (Lipinski definition) is 8. The van der Waals surface area contributed by atoms with Crippen molar-refractivity contribution in [3.05, 3.63) is 40.5 Å². The second-order valence-electron chi connectivity index (χ2n) is 9.62. The smallest absolute Gasteiger partial charge is 0.263 e. The lowest BCUT2D eigenvalue weighted by atomic mass is 9.81. The highest BCUT2D eigenvalue weighted by molar-refractivity contribution is 7.21. The normalized spacial score (nSPS) is 25.1. The molecule has 6 rings (SSSR count). The summed E-state index contributed by atoms with van der Waals surface area (Å²) in [6.07, 6.45) is 2.29. The average molecular weight is 501 g/mol. The second-order valence-corrected chi connectivity index (χ2v) is 10.6. The summed E-state index contributed by atoms with van der Waals surface area (Å²) >= 11 is 1.28. The Labute approximate surface area is 204 Å². The van der Waals surface area contributed by atoms with Crippen LogP contribution >= 0.6 is 11.3 Å². The van der Waals surface area contributed by atoms with Crippen LogP contribution in [0.3, 0.4) is 0 Å². The van der Waals surface area contributed by atoms with Crippen LogP contribution in [0.4, 0.5) is 20.3 Å². The maximum Gasteiger partial charge on any atom is 0.263 e. The van der Waals surface area contributed by atoms with Gasteiger partial charge >= 0.3 is 0 Å². The number of thiophene rings is 1. The number of halogens is 2. The van der Waals surface area contributed by atoms with Gasteiger partial charge < -0.3 is 26.0 Å². The van der Waals surface area contributed by atoms with Gasteiger partial charge in [-0.25, -0.2) is 18.7 Å². The number of alkyl halides is 2. The van der Waals surface area contributed by atoms with Crippen molar-refractivity contribution >= 4 is 39.0 Å². The van der Waals surface area contributed by atoms with Crippen molar-refractivity contribution in [2.24, 2.45) is 11.8 Å². The van der Waals surface area contributed by atoms with Crippen LogP contribution in [0, 0.1) is 18.8 Å². The predicted molar refractivity (Wildman–Crippen MR) is 130 cm³/mol. The number of ether oxygens (including phenoxy) is 1. The Balaban J connectivity index is 1.15. The summed E-state index contributed by atoms with van der Waals surface area (Å²) in [6, 6.07) is 5.36. The molecule has 2 unspecified atom stereocenters. The second kappa shape index (κ2) is 8.27. The van der Waals surface area contributed by atoms with Gasteiger partial charge in [-0.3, -0.25) is 4.79 Å². The molecule has 3 aromatic heterocycles. The molecule has 4 N–H and O–H groups in total. The fourth-order valence-corrected chi connectivity index (χ4v) is 6.28. The Bertz CT molecular complexity index is 1300. The van der Waals surface area contributed by atoms with Gasteiger partial charge in [0.1, 0.15) is 27.9 Å². The highest BCUT2D eigenvalue weighted by Crippen LogP contribution is 2.41. The minimum absolute atomic E-state index is 0.235. The molecule has 1 amide bonds. The van der Waals surface area contributed by atoms with Crippen LogP contribution in [0.15, 0.2) is 24.4 Å². The number of nitrogen functional groups attached to an aromatic ring is 1. The number of nitrogens with two attached hydrogens (primary N) is 1. The van der Waals surface area contributed by atoms with Crippen LogP contribution in [-0.4, -0.2) is 60.6 Å². The zero-order chi connectivity index (χ0) is 24.3. The molecule has 35 heavy (non-hydrogen) atoms. The lowest BCUT2D eigenvalue weighted by Crippen LogP contribution is -2.63. The number of pyridine rings is 2. The molecular formula is C24H26F2N6O2S. The van der Waals surface area contributed by atoms with Gasteiger partial charge in [0.25, 0.3) is 11.8 Å². The number of fused-ring (bicyclic) bond motifs is 4. The third-order valence-electron chi connectivity index (χ3n) is 7.19. The molecule has 11 heteroatoms. The van der Waals surface area contributed by atoms with Crippen molar-refractivity contribution in [1.82, 2.24) is 20.6 Å². The van der Waals surface area contributed by atoms with Crippen molar-refractivity contribution < 1.29 is 18.3 Å². The van der Waals surface area contributed by atoms with Crippen LogP contribution in [0.5, 0.6) is 5.75 Å². The first-order chi connectivity index (χ1) is 16.8. The summed E-state index contributed by atoms with van der Waals surface area (Å²) in [5.41, 5.74) is 8.40. The fraction of sp³-hybridized carbons (Fsp3) is 0.458. The van der Waals surface area contributed by atoms with E-state index in [1.54, 1.807) is 6.20 Å². The number of carbonyl (C=O) groups excluding carboxylic acids is 1. The maximum absolute atomic E-state index is 14.5. The summed E-state index contributed by atoms with van der Waals surface area (Å²) in [4.78, 5) is 25.1. The van der Waals surface area contributed by atoms with Gasteiger partial charge in [-0.1, -0.05) is 0 Å². The Morgan fingerprint density at radius 1 is 1.31 bits per heavy atom. The number of carbonyl (C=O) groups is 1. The van der Waals surface area contributed by atoms with Gasteiger partial charge in [-0.2, -0.15) is 0 Å². The number of anilines is 2. The lowest BCUT2D eigenvalue weighted by molar-refractivity contribution is -0.130. The highest BCUT2D eigenvalue weighted by Gasteiger charge is 2.53. The van der Waals surface area contributed by atoms with Crippen LogP contribution in [-0.2, 0) is 6.42 Å². The molecule has 2 bridgehead atoms. The molecule has 2 fully saturated rings. The molecule has 0 spiro atoms. The molecule has 0 saturated carbocycles. The molecular weight excluding hydrogens is 474 g/mol. The summed E-state index contributed by atoms with van der Waals surface area (Å²) in [5.74, 6) is -3.02. The zero-order valence-corrected chi connectivity index (χ0v) is 20.0. The van der Waals surface area contributed by atoms with Crippen LogP contribution in [0.1, 0.15) is 20.9 Å². The number of rotatable bonds is 3. The molecule has 6 heterocycles. The highest BCUT2D eigenvalue weighted by atomic mass is 32.1. The zero-order valence-electron chi connectivity index (χ0n) is 19.2. The number of nitrogens with one attached hydrogen (secondary N) is 2. The molecule has 3 aliphatic heterocycles. The summed E-state index contributed by atoms with van der Waals surface area (Å²) in [6.45, 7) is 3.33. The molecule has 184 valence electrons. The molecule has 0 aliphatic carbocycles. The molecule has 0 radical (unpaired) electrons. The number of nitrogens with zero attached hydrogens (tertiary/aromatic N) is 3. The number of piperidine rings is 2. The minimum Gasteiger partial charge on any atom is -0.491 e. The number of hydrogen-bond donors (Lipinski definition) is 3. The van der Waals surface area contributed by atoms with E-state index in [9.17, 15) is 13.6 Å². The van der Waals surface area contributed by atoms with E-state index < -0.39 is 17.8 Å². The number of aryl methyl sites for hydroxylation is 1. The largest absolute Gasteiger partial charge is 0.491 e. The quantitative estimate of drug-likeness (QED) is 0.508. The van der Waals surface area contributed by atoms with Gasteiger partial charge in [0, 0.05) is 61.5 Å². The number of amides is 1. The van der Waals surface area contributed by atoms with E-state index in [1.807, 2.05) is 30.0 Å². The Hall–Kier alpha value is -3.05. The van der Waals surface area contributed by atoms with Crippen molar-refractivity contribution in [2.75, 3.05) is 43.4 Å². The van der Waals surface area contributed by atoms with Crippen LogP contribution in [0.2, 0.25) is 0 Å². The predicted octanol–water partition coefficient (Wildman–Crippen LogP) is 2.61. The van der Waals surface area contributed by atoms with E-state index in [4.69, 9.17) is 10.5 Å². The van der Waals surface area contributed by atoms with Gasteiger partial charge in [0.05, 0.1) is 23.6 Å². The molecule has 3 aromatic rings. The lowest BCUT2D eigenvalue weighted by Gasteiger charge is -2.47. The van der Waals surface area contributed by atoms with Gasteiger partial charge in [-0.05, 0) is 19.1 Å². The standard InChI is InChI=1S/C24H26F2N6O2S/c1-12-2-3-17-20(27)21(35-23(17)30-12)22(33)31-16-4-13-6-29-19(5-18(13)34-11-16)32-9-14-7-28-8-15(10-32)24(14,25)26/h2-3,5-6,14-16,28H,4,7-11,27H2,1H3,(H,31,33)/t14?,15?,16-/m1/s1. The summed E-state index contributed by atoms with van der Waals surface area (Å²) < 4.78 is 34.9. The molecule has 8 nitrogen and oxygen atoms in total. The first-order valence-corrected chi connectivity index (χ1v) is 12.5. The van der Waals surface area contributed by atoms with E-state index in [0.29, 0.717) is 48.2 Å². The van der Waals surface area contributed by atoms with Crippen molar-refractivity contribution in [2.45, 2.75) is 25.3 Å². The molecule has 3 aliphatic rings. The van der Waals surface area contributed by atoms with E-state index >= 15 is 0 Å². The van der Waals surface area contributed by atoms with E-state index in [2.05, 4.69) is 20.6 Å². The maximum atomic E-state index is 14.5. The Morgan fingerprint density at radius 3 is 2.86 bits per heavy atom. The van der Waals surface area contributed by atoms with Crippen LogP contribution < -0.4 is 26.0 Å². The topological polar surface area (TPSA) is 105 Å². The third-order valence-corrected chi connectivity index (χ3v) is 8.30. The van der Waals surface area contributed by atoms with Gasteiger partial charge in [-0.15, -0.1) is 11.3 Å². The van der Waals surface area contributed by atoms with E-state index in [0.717, 1.165) is 21.5 Å². The fourth-order valence-electron chi connectivity index (χ4n) is 5.24.